The van der Waals surface area contributed by atoms with Crippen molar-refractivity contribution in [3.63, 3.8) is 0 Å². The maximum atomic E-state index is 8.74. The van der Waals surface area contributed by atoms with Crippen LogP contribution < -0.4 is 0 Å². The van der Waals surface area contributed by atoms with Gasteiger partial charge in [0.2, 0.25) is 0 Å². The number of rotatable bonds is 8. The third-order valence-corrected chi connectivity index (χ3v) is 2.95. The molecule has 0 aromatic carbocycles. The molecule has 0 rings (SSSR count). The summed E-state index contributed by atoms with van der Waals surface area (Å²) in [5.41, 5.74) is 0. The first-order valence-electron chi connectivity index (χ1n) is 6.14. The molecule has 0 N–H and O–H groups in total. The SMILES string of the molecule is CCCCCCC(CC)CC(C)C#N. The molecule has 0 saturated carbocycles. The zero-order valence-corrected chi connectivity index (χ0v) is 10.1. The van der Waals surface area contributed by atoms with E-state index in [2.05, 4.69) is 19.9 Å². The van der Waals surface area contributed by atoms with Gasteiger partial charge in [-0.3, -0.25) is 0 Å². The molecule has 0 radical (unpaired) electrons. The van der Waals surface area contributed by atoms with Crippen molar-refractivity contribution < 1.29 is 0 Å². The second kappa shape index (κ2) is 9.06. The second-order valence-electron chi connectivity index (χ2n) is 4.39. The Kier molecular flexibility index (Phi) is 8.73. The zero-order chi connectivity index (χ0) is 10.8. The molecule has 0 aliphatic rings. The molecule has 0 heterocycles. The largest absolute Gasteiger partial charge is 0.198 e. The van der Waals surface area contributed by atoms with E-state index in [1.807, 2.05) is 6.92 Å². The van der Waals surface area contributed by atoms with Crippen LogP contribution >= 0.6 is 0 Å². The van der Waals surface area contributed by atoms with Gasteiger partial charge in [0.25, 0.3) is 0 Å². The number of hydrogen-bond acceptors (Lipinski definition) is 1. The van der Waals surface area contributed by atoms with Gasteiger partial charge in [0.15, 0.2) is 0 Å². The molecule has 2 unspecified atom stereocenters. The summed E-state index contributed by atoms with van der Waals surface area (Å²) in [7, 11) is 0. The molecule has 1 nitrogen and oxygen atoms in total. The number of nitriles is 1. The van der Waals surface area contributed by atoms with E-state index < -0.39 is 0 Å². The maximum absolute atomic E-state index is 8.74. The minimum Gasteiger partial charge on any atom is -0.198 e. The highest BCUT2D eigenvalue weighted by atomic mass is 14.3. The standard InChI is InChI=1S/C13H25N/c1-4-6-7-8-9-13(5-2)10-12(3)11-14/h12-13H,4-10H2,1-3H3. The zero-order valence-electron chi connectivity index (χ0n) is 10.1. The first kappa shape index (κ1) is 13.5. The predicted octanol–water partition coefficient (Wildman–Crippen LogP) is 4.53. The Morgan fingerprint density at radius 1 is 1.14 bits per heavy atom. The van der Waals surface area contributed by atoms with Gasteiger partial charge in [-0.05, 0) is 19.3 Å². The summed E-state index contributed by atoms with van der Waals surface area (Å²) in [5, 5.41) is 8.74. The molecule has 82 valence electrons. The highest BCUT2D eigenvalue weighted by Gasteiger charge is 2.10. The number of unbranched alkanes of at least 4 members (excludes halogenated alkanes) is 3. The van der Waals surface area contributed by atoms with Crippen molar-refractivity contribution in [1.82, 2.24) is 0 Å². The lowest BCUT2D eigenvalue weighted by Gasteiger charge is -2.15. The van der Waals surface area contributed by atoms with Gasteiger partial charge in [-0.25, -0.2) is 0 Å². The van der Waals surface area contributed by atoms with Crippen LogP contribution in [-0.2, 0) is 0 Å². The van der Waals surface area contributed by atoms with Gasteiger partial charge in [-0.2, -0.15) is 5.26 Å². The highest BCUT2D eigenvalue weighted by molar-refractivity contribution is 4.80. The van der Waals surface area contributed by atoms with Gasteiger partial charge in [-0.15, -0.1) is 0 Å². The molecule has 0 aromatic rings. The van der Waals surface area contributed by atoms with E-state index in [9.17, 15) is 0 Å². The molecule has 14 heavy (non-hydrogen) atoms. The molecule has 0 amide bonds. The number of nitrogens with zero attached hydrogens (tertiary/aromatic N) is 1. The molecule has 0 aliphatic carbocycles. The van der Waals surface area contributed by atoms with Crippen molar-refractivity contribution in [2.45, 2.75) is 65.7 Å². The monoisotopic (exact) mass is 195 g/mol. The maximum Gasteiger partial charge on any atom is 0.0652 e. The lowest BCUT2D eigenvalue weighted by molar-refractivity contribution is 0.381. The Balaban J connectivity index is 3.54. The van der Waals surface area contributed by atoms with E-state index in [0.29, 0.717) is 0 Å². The van der Waals surface area contributed by atoms with E-state index >= 15 is 0 Å². The summed E-state index contributed by atoms with van der Waals surface area (Å²) in [6, 6.07) is 2.33. The molecule has 0 bridgehead atoms. The van der Waals surface area contributed by atoms with Crippen LogP contribution in [-0.4, -0.2) is 0 Å². The molecule has 1 heteroatoms. The summed E-state index contributed by atoms with van der Waals surface area (Å²) in [6.45, 7) is 6.53. The van der Waals surface area contributed by atoms with Crippen LogP contribution in [0.4, 0.5) is 0 Å². The third kappa shape index (κ3) is 6.95. The van der Waals surface area contributed by atoms with Gasteiger partial charge in [0.1, 0.15) is 0 Å². The summed E-state index contributed by atoms with van der Waals surface area (Å²) < 4.78 is 0. The smallest absolute Gasteiger partial charge is 0.0652 e. The molecular formula is C13H25N. The quantitative estimate of drug-likeness (QED) is 0.522. The Labute approximate surface area is 89.5 Å². The van der Waals surface area contributed by atoms with Crippen molar-refractivity contribution in [2.75, 3.05) is 0 Å². The Morgan fingerprint density at radius 2 is 1.86 bits per heavy atom. The molecule has 0 aliphatic heterocycles. The predicted molar refractivity (Wildman–Crippen MR) is 61.9 cm³/mol. The fourth-order valence-electron chi connectivity index (χ4n) is 1.90. The summed E-state index contributed by atoms with van der Waals surface area (Å²) in [6.07, 6.45) is 9.05. The van der Waals surface area contributed by atoms with Crippen molar-refractivity contribution in [2.24, 2.45) is 11.8 Å². The van der Waals surface area contributed by atoms with Crippen LogP contribution in [0.5, 0.6) is 0 Å². The van der Waals surface area contributed by atoms with Crippen molar-refractivity contribution >= 4 is 0 Å². The van der Waals surface area contributed by atoms with Gasteiger partial charge < -0.3 is 0 Å². The van der Waals surface area contributed by atoms with Crippen LogP contribution in [0, 0.1) is 23.2 Å². The molecule has 0 saturated heterocycles. The average molecular weight is 195 g/mol. The fraction of sp³-hybridized carbons (Fsp3) is 0.923. The Hall–Kier alpha value is -0.510. The van der Waals surface area contributed by atoms with Gasteiger partial charge in [0.05, 0.1) is 6.07 Å². The van der Waals surface area contributed by atoms with Crippen LogP contribution in [0.15, 0.2) is 0 Å². The van der Waals surface area contributed by atoms with E-state index in [1.54, 1.807) is 0 Å². The van der Waals surface area contributed by atoms with Crippen LogP contribution in [0.1, 0.15) is 65.7 Å². The lowest BCUT2D eigenvalue weighted by atomic mass is 9.90. The van der Waals surface area contributed by atoms with Crippen LogP contribution in [0.3, 0.4) is 0 Å². The molecule has 0 fully saturated rings. The van der Waals surface area contributed by atoms with E-state index in [1.165, 1.54) is 38.5 Å². The summed E-state index contributed by atoms with van der Waals surface area (Å²) in [4.78, 5) is 0. The third-order valence-electron chi connectivity index (χ3n) is 2.95. The van der Waals surface area contributed by atoms with E-state index in [4.69, 9.17) is 5.26 Å². The number of hydrogen-bond donors (Lipinski definition) is 0. The van der Waals surface area contributed by atoms with E-state index in [0.717, 1.165) is 12.3 Å². The Bertz CT molecular complexity index is 157. The van der Waals surface area contributed by atoms with Crippen molar-refractivity contribution in [1.29, 1.82) is 5.26 Å². The van der Waals surface area contributed by atoms with Crippen LogP contribution in [0.2, 0.25) is 0 Å². The van der Waals surface area contributed by atoms with Crippen molar-refractivity contribution in [3.8, 4) is 6.07 Å². The molecule has 0 aromatic heterocycles. The summed E-state index contributed by atoms with van der Waals surface area (Å²) >= 11 is 0. The molecular weight excluding hydrogens is 170 g/mol. The first-order chi connectivity index (χ1) is 6.74. The Morgan fingerprint density at radius 3 is 2.36 bits per heavy atom. The van der Waals surface area contributed by atoms with Crippen LogP contribution in [0.25, 0.3) is 0 Å². The molecule has 2 atom stereocenters. The van der Waals surface area contributed by atoms with Crippen molar-refractivity contribution in [3.05, 3.63) is 0 Å². The highest BCUT2D eigenvalue weighted by Crippen LogP contribution is 2.21. The first-order valence-corrected chi connectivity index (χ1v) is 6.14. The minimum atomic E-state index is 0.242. The van der Waals surface area contributed by atoms with Gasteiger partial charge in [0, 0.05) is 5.92 Å². The van der Waals surface area contributed by atoms with E-state index in [-0.39, 0.29) is 5.92 Å². The summed E-state index contributed by atoms with van der Waals surface area (Å²) in [5.74, 6) is 1.02. The van der Waals surface area contributed by atoms with Gasteiger partial charge >= 0.3 is 0 Å². The molecule has 0 spiro atoms. The average Bonchev–Trinajstić information content (AvgIpc) is 2.22. The second-order valence-corrected chi connectivity index (χ2v) is 4.39. The minimum absolute atomic E-state index is 0.242. The topological polar surface area (TPSA) is 23.8 Å². The lowest BCUT2D eigenvalue weighted by Crippen LogP contribution is -2.04. The van der Waals surface area contributed by atoms with Gasteiger partial charge in [-0.1, -0.05) is 52.4 Å². The fourth-order valence-corrected chi connectivity index (χ4v) is 1.90. The normalized spacial score (nSPS) is 14.7.